The summed E-state index contributed by atoms with van der Waals surface area (Å²) in [5, 5.41) is 13.4. The lowest BCUT2D eigenvalue weighted by Crippen LogP contribution is -2.41. The van der Waals surface area contributed by atoms with Crippen LogP contribution in [0.2, 0.25) is 0 Å². The lowest BCUT2D eigenvalue weighted by molar-refractivity contribution is 0.114. The molecule has 1 aliphatic carbocycles. The van der Waals surface area contributed by atoms with Crippen LogP contribution in [0.15, 0.2) is 30.3 Å². The molecule has 2 aliphatic rings. The van der Waals surface area contributed by atoms with Gasteiger partial charge in [0.2, 0.25) is 0 Å². The number of likely N-dealkylation sites (tertiary alicyclic amines) is 1. The van der Waals surface area contributed by atoms with E-state index < -0.39 is 0 Å². The van der Waals surface area contributed by atoms with E-state index in [0.29, 0.717) is 12.1 Å². The number of hydrogen-bond acceptors (Lipinski definition) is 3. The molecule has 0 bridgehead atoms. The molecule has 0 aromatic heterocycles. The minimum atomic E-state index is -0.0634. The molecular formula is C18H28N2O. The van der Waals surface area contributed by atoms with Crippen molar-refractivity contribution in [1.82, 2.24) is 10.2 Å². The Morgan fingerprint density at radius 1 is 1.05 bits per heavy atom. The van der Waals surface area contributed by atoms with Crippen molar-refractivity contribution in [2.24, 2.45) is 0 Å². The van der Waals surface area contributed by atoms with Crippen LogP contribution in [-0.2, 0) is 0 Å². The van der Waals surface area contributed by atoms with Crippen LogP contribution in [0, 0.1) is 0 Å². The van der Waals surface area contributed by atoms with Crippen molar-refractivity contribution >= 4 is 0 Å². The first-order valence-electron chi connectivity index (χ1n) is 8.53. The Labute approximate surface area is 128 Å². The van der Waals surface area contributed by atoms with Gasteiger partial charge in [0.15, 0.2) is 0 Å². The highest BCUT2D eigenvalue weighted by molar-refractivity contribution is 5.19. The van der Waals surface area contributed by atoms with E-state index in [1.165, 1.54) is 31.5 Å². The van der Waals surface area contributed by atoms with Crippen LogP contribution in [-0.4, -0.2) is 41.8 Å². The van der Waals surface area contributed by atoms with E-state index in [1.807, 2.05) is 0 Å². The van der Waals surface area contributed by atoms with Gasteiger partial charge in [-0.25, -0.2) is 0 Å². The first kappa shape index (κ1) is 15.0. The normalized spacial score (nSPS) is 28.6. The fourth-order valence-corrected chi connectivity index (χ4v) is 3.74. The highest BCUT2D eigenvalue weighted by Crippen LogP contribution is 2.25. The van der Waals surface area contributed by atoms with Crippen LogP contribution in [0.3, 0.4) is 0 Å². The highest BCUT2D eigenvalue weighted by Gasteiger charge is 2.25. The van der Waals surface area contributed by atoms with Crippen molar-refractivity contribution in [2.45, 2.75) is 56.7 Å². The molecule has 3 nitrogen and oxygen atoms in total. The molecule has 21 heavy (non-hydrogen) atoms. The minimum Gasteiger partial charge on any atom is -0.393 e. The second kappa shape index (κ2) is 7.39. The zero-order valence-corrected chi connectivity index (χ0v) is 12.9. The van der Waals surface area contributed by atoms with E-state index in [1.54, 1.807) is 0 Å². The van der Waals surface area contributed by atoms with Gasteiger partial charge in [-0.05, 0) is 57.2 Å². The number of rotatable bonds is 5. The molecule has 116 valence electrons. The molecule has 1 saturated carbocycles. The Kier molecular flexibility index (Phi) is 5.28. The summed E-state index contributed by atoms with van der Waals surface area (Å²) in [5.74, 6) is 0. The third kappa shape index (κ3) is 4.06. The number of aliphatic hydroxyl groups is 1. The summed E-state index contributed by atoms with van der Waals surface area (Å²) in [4.78, 5) is 2.63. The summed E-state index contributed by atoms with van der Waals surface area (Å²) < 4.78 is 0. The second-order valence-corrected chi connectivity index (χ2v) is 6.58. The molecule has 2 N–H and O–H groups in total. The van der Waals surface area contributed by atoms with Gasteiger partial charge in [0.25, 0.3) is 0 Å². The third-order valence-electron chi connectivity index (χ3n) is 5.06. The Morgan fingerprint density at radius 3 is 2.38 bits per heavy atom. The lowest BCUT2D eigenvalue weighted by atomic mass is 9.93. The zero-order chi connectivity index (χ0) is 14.5. The van der Waals surface area contributed by atoms with Gasteiger partial charge in [0.1, 0.15) is 0 Å². The fraction of sp³-hybridized carbons (Fsp3) is 0.667. The smallest absolute Gasteiger partial charge is 0.0541 e. The molecule has 3 rings (SSSR count). The molecule has 1 heterocycles. The van der Waals surface area contributed by atoms with Crippen molar-refractivity contribution < 1.29 is 5.11 Å². The molecule has 2 fully saturated rings. The monoisotopic (exact) mass is 288 g/mol. The van der Waals surface area contributed by atoms with Crippen molar-refractivity contribution in [2.75, 3.05) is 19.6 Å². The summed E-state index contributed by atoms with van der Waals surface area (Å²) >= 11 is 0. The van der Waals surface area contributed by atoms with Crippen LogP contribution in [0.4, 0.5) is 0 Å². The summed E-state index contributed by atoms with van der Waals surface area (Å²) in [6, 6.07) is 12.0. The van der Waals surface area contributed by atoms with Crippen LogP contribution < -0.4 is 5.32 Å². The van der Waals surface area contributed by atoms with Gasteiger partial charge in [-0.3, -0.25) is 4.90 Å². The second-order valence-electron chi connectivity index (χ2n) is 6.58. The molecule has 0 spiro atoms. The topological polar surface area (TPSA) is 35.5 Å². The minimum absolute atomic E-state index is 0.0634. The van der Waals surface area contributed by atoms with Crippen molar-refractivity contribution in [1.29, 1.82) is 0 Å². The van der Waals surface area contributed by atoms with E-state index in [4.69, 9.17) is 0 Å². The van der Waals surface area contributed by atoms with E-state index in [-0.39, 0.29) is 6.10 Å². The molecule has 1 saturated heterocycles. The van der Waals surface area contributed by atoms with Gasteiger partial charge in [0.05, 0.1) is 6.10 Å². The molecule has 1 unspecified atom stereocenters. The molecule has 1 aliphatic heterocycles. The van der Waals surface area contributed by atoms with Gasteiger partial charge in [-0.1, -0.05) is 30.3 Å². The van der Waals surface area contributed by atoms with Gasteiger partial charge in [-0.15, -0.1) is 0 Å². The average molecular weight is 288 g/mol. The van der Waals surface area contributed by atoms with Gasteiger partial charge >= 0.3 is 0 Å². The molecule has 1 aromatic carbocycles. The lowest BCUT2D eigenvalue weighted by Gasteiger charge is -2.32. The SMILES string of the molecule is OC1CCC(NCC(c2ccccc2)N2CCCC2)CC1. The number of hydrogen-bond donors (Lipinski definition) is 2. The van der Waals surface area contributed by atoms with E-state index >= 15 is 0 Å². The molecule has 1 atom stereocenters. The van der Waals surface area contributed by atoms with Crippen LogP contribution in [0.5, 0.6) is 0 Å². The number of nitrogens with zero attached hydrogens (tertiary/aromatic N) is 1. The first-order valence-corrected chi connectivity index (χ1v) is 8.53. The Bertz CT molecular complexity index is 408. The molecule has 1 aromatic rings. The number of nitrogens with one attached hydrogen (secondary N) is 1. The third-order valence-corrected chi connectivity index (χ3v) is 5.06. The summed E-state index contributed by atoms with van der Waals surface area (Å²) in [7, 11) is 0. The van der Waals surface area contributed by atoms with E-state index in [0.717, 1.165) is 32.2 Å². The Hall–Kier alpha value is -0.900. The maximum absolute atomic E-state index is 9.62. The molecular weight excluding hydrogens is 260 g/mol. The predicted molar refractivity (Wildman–Crippen MR) is 86.3 cm³/mol. The van der Waals surface area contributed by atoms with Crippen LogP contribution in [0.1, 0.15) is 50.1 Å². The van der Waals surface area contributed by atoms with Crippen LogP contribution >= 0.6 is 0 Å². The average Bonchev–Trinajstić information content (AvgIpc) is 3.05. The Balaban J connectivity index is 1.60. The quantitative estimate of drug-likeness (QED) is 0.874. The van der Waals surface area contributed by atoms with Crippen molar-refractivity contribution in [3.8, 4) is 0 Å². The molecule has 3 heteroatoms. The zero-order valence-electron chi connectivity index (χ0n) is 12.9. The maximum atomic E-state index is 9.62. The highest BCUT2D eigenvalue weighted by atomic mass is 16.3. The standard InChI is InChI=1S/C18H28N2O/c21-17-10-8-16(9-11-17)19-14-18(20-12-4-5-13-20)15-6-2-1-3-7-15/h1-3,6-7,16-19,21H,4-5,8-14H2. The number of aliphatic hydroxyl groups excluding tert-OH is 1. The first-order chi connectivity index (χ1) is 10.3. The maximum Gasteiger partial charge on any atom is 0.0541 e. The van der Waals surface area contributed by atoms with Crippen molar-refractivity contribution in [3.63, 3.8) is 0 Å². The summed E-state index contributed by atoms with van der Waals surface area (Å²) in [5.41, 5.74) is 1.43. The largest absolute Gasteiger partial charge is 0.393 e. The Morgan fingerprint density at radius 2 is 1.71 bits per heavy atom. The number of benzene rings is 1. The molecule has 0 amide bonds. The summed E-state index contributed by atoms with van der Waals surface area (Å²) in [6.07, 6.45) is 6.74. The van der Waals surface area contributed by atoms with Gasteiger partial charge < -0.3 is 10.4 Å². The van der Waals surface area contributed by atoms with E-state index in [2.05, 4.69) is 40.5 Å². The van der Waals surface area contributed by atoms with Gasteiger partial charge in [-0.2, -0.15) is 0 Å². The molecule has 0 radical (unpaired) electrons. The van der Waals surface area contributed by atoms with E-state index in [9.17, 15) is 5.11 Å². The van der Waals surface area contributed by atoms with Crippen molar-refractivity contribution in [3.05, 3.63) is 35.9 Å². The van der Waals surface area contributed by atoms with Crippen LogP contribution in [0.25, 0.3) is 0 Å². The summed E-state index contributed by atoms with van der Waals surface area (Å²) in [6.45, 7) is 3.49. The fourth-order valence-electron chi connectivity index (χ4n) is 3.74. The predicted octanol–water partition coefficient (Wildman–Crippen LogP) is 2.72. The van der Waals surface area contributed by atoms with Gasteiger partial charge in [0, 0.05) is 18.6 Å².